The lowest BCUT2D eigenvalue weighted by Gasteiger charge is -2.18. The molecule has 1 unspecified atom stereocenters. The summed E-state index contributed by atoms with van der Waals surface area (Å²) < 4.78 is 5.19. The van der Waals surface area contributed by atoms with Gasteiger partial charge in [0.25, 0.3) is 0 Å². The Hall–Kier alpha value is -2.82. The van der Waals surface area contributed by atoms with Gasteiger partial charge in [-0.3, -0.25) is 4.79 Å². The van der Waals surface area contributed by atoms with Crippen molar-refractivity contribution >= 4 is 12.0 Å². The largest absolute Gasteiger partial charge is 0.445 e. The maximum absolute atomic E-state index is 12.3. The molecule has 0 bridgehead atoms. The van der Waals surface area contributed by atoms with Gasteiger partial charge in [0, 0.05) is 6.54 Å². The molecule has 2 aromatic rings. The third-order valence-electron chi connectivity index (χ3n) is 3.71. The van der Waals surface area contributed by atoms with Crippen molar-refractivity contribution in [2.24, 2.45) is 0 Å². The Balaban J connectivity index is 1.81. The molecule has 0 aliphatic carbocycles. The van der Waals surface area contributed by atoms with Crippen LogP contribution in [0.3, 0.4) is 0 Å². The Bertz CT molecular complexity index is 659. The minimum absolute atomic E-state index is 0.178. The van der Waals surface area contributed by atoms with E-state index in [2.05, 4.69) is 10.6 Å². The van der Waals surface area contributed by atoms with Crippen LogP contribution in [-0.2, 0) is 22.7 Å². The molecule has 0 saturated carbocycles. The Morgan fingerprint density at radius 3 is 2.16 bits per heavy atom. The normalized spacial score (nSPS) is 11.4. The molecule has 1 atom stereocenters. The maximum Gasteiger partial charge on any atom is 0.408 e. The highest BCUT2D eigenvalue weighted by Crippen LogP contribution is 2.03. The Labute approximate surface area is 148 Å². The highest BCUT2D eigenvalue weighted by Gasteiger charge is 2.20. The van der Waals surface area contributed by atoms with Crippen LogP contribution in [0.25, 0.3) is 0 Å². The first-order valence-electron chi connectivity index (χ1n) is 8.48. The van der Waals surface area contributed by atoms with Crippen LogP contribution in [0.4, 0.5) is 4.79 Å². The maximum atomic E-state index is 12.3. The van der Waals surface area contributed by atoms with Gasteiger partial charge in [0.15, 0.2) is 0 Å². The fourth-order valence-corrected chi connectivity index (χ4v) is 2.37. The third-order valence-corrected chi connectivity index (χ3v) is 3.71. The Morgan fingerprint density at radius 2 is 1.56 bits per heavy atom. The first-order chi connectivity index (χ1) is 12.2. The molecule has 2 rings (SSSR count). The number of hydrogen-bond donors (Lipinski definition) is 2. The van der Waals surface area contributed by atoms with E-state index in [0.717, 1.165) is 17.5 Å². The summed E-state index contributed by atoms with van der Waals surface area (Å²) in [5, 5.41) is 5.50. The van der Waals surface area contributed by atoms with Gasteiger partial charge < -0.3 is 15.4 Å². The highest BCUT2D eigenvalue weighted by atomic mass is 16.5. The van der Waals surface area contributed by atoms with Crippen molar-refractivity contribution in [3.63, 3.8) is 0 Å². The number of carbonyl (C=O) groups excluding carboxylic acids is 2. The zero-order chi connectivity index (χ0) is 17.9. The number of benzene rings is 2. The molecule has 132 valence electrons. The SMILES string of the molecule is CCCC(NC(=O)OCc1ccccc1)C(=O)NCc1ccccc1. The smallest absolute Gasteiger partial charge is 0.408 e. The van der Waals surface area contributed by atoms with Crippen molar-refractivity contribution in [2.45, 2.75) is 39.0 Å². The van der Waals surface area contributed by atoms with Crippen LogP contribution in [0.5, 0.6) is 0 Å². The molecular weight excluding hydrogens is 316 g/mol. The van der Waals surface area contributed by atoms with Gasteiger partial charge in [0.05, 0.1) is 0 Å². The van der Waals surface area contributed by atoms with Crippen molar-refractivity contribution in [3.8, 4) is 0 Å². The molecular formula is C20H24N2O3. The average molecular weight is 340 g/mol. The van der Waals surface area contributed by atoms with Crippen molar-refractivity contribution in [1.29, 1.82) is 0 Å². The molecule has 2 aromatic carbocycles. The quantitative estimate of drug-likeness (QED) is 0.774. The van der Waals surface area contributed by atoms with Gasteiger partial charge in [0.1, 0.15) is 12.6 Å². The zero-order valence-corrected chi connectivity index (χ0v) is 14.4. The fraction of sp³-hybridized carbons (Fsp3) is 0.300. The van der Waals surface area contributed by atoms with Gasteiger partial charge in [-0.25, -0.2) is 4.79 Å². The van der Waals surface area contributed by atoms with Crippen LogP contribution in [0.1, 0.15) is 30.9 Å². The number of hydrogen-bond acceptors (Lipinski definition) is 3. The average Bonchev–Trinajstić information content (AvgIpc) is 2.66. The highest BCUT2D eigenvalue weighted by molar-refractivity contribution is 5.85. The van der Waals surface area contributed by atoms with Crippen molar-refractivity contribution < 1.29 is 14.3 Å². The van der Waals surface area contributed by atoms with Gasteiger partial charge in [-0.15, -0.1) is 0 Å². The van der Waals surface area contributed by atoms with Gasteiger partial charge in [-0.05, 0) is 17.5 Å². The van der Waals surface area contributed by atoms with Crippen LogP contribution >= 0.6 is 0 Å². The second-order valence-electron chi connectivity index (χ2n) is 5.75. The first-order valence-corrected chi connectivity index (χ1v) is 8.48. The van der Waals surface area contributed by atoms with Gasteiger partial charge >= 0.3 is 6.09 Å². The molecule has 5 nitrogen and oxygen atoms in total. The molecule has 0 aliphatic heterocycles. The third kappa shape index (κ3) is 6.67. The van der Waals surface area contributed by atoms with Crippen LogP contribution in [-0.4, -0.2) is 18.0 Å². The summed E-state index contributed by atoms with van der Waals surface area (Å²) >= 11 is 0. The molecule has 0 aliphatic rings. The number of ether oxygens (including phenoxy) is 1. The standard InChI is InChI=1S/C20H24N2O3/c1-2-9-18(19(23)21-14-16-10-5-3-6-11-16)22-20(24)25-15-17-12-7-4-8-13-17/h3-8,10-13,18H,2,9,14-15H2,1H3,(H,21,23)(H,22,24). The van der Waals surface area contributed by atoms with Gasteiger partial charge in [-0.1, -0.05) is 74.0 Å². The topological polar surface area (TPSA) is 67.4 Å². The molecule has 0 spiro atoms. The molecule has 0 aromatic heterocycles. The molecule has 0 radical (unpaired) electrons. The van der Waals surface area contributed by atoms with E-state index in [0.29, 0.717) is 13.0 Å². The van der Waals surface area contributed by atoms with Crippen LogP contribution in [0.15, 0.2) is 60.7 Å². The lowest BCUT2D eigenvalue weighted by atomic mass is 10.1. The number of amides is 2. The predicted molar refractivity (Wildman–Crippen MR) is 96.7 cm³/mol. The van der Waals surface area contributed by atoms with E-state index < -0.39 is 12.1 Å². The van der Waals surface area contributed by atoms with Crippen LogP contribution < -0.4 is 10.6 Å². The summed E-state index contributed by atoms with van der Waals surface area (Å²) in [6, 6.07) is 18.5. The van der Waals surface area contributed by atoms with E-state index >= 15 is 0 Å². The van der Waals surface area contributed by atoms with Crippen molar-refractivity contribution in [2.75, 3.05) is 0 Å². The molecule has 5 heteroatoms. The molecule has 2 N–H and O–H groups in total. The van der Waals surface area contributed by atoms with Crippen molar-refractivity contribution in [1.82, 2.24) is 10.6 Å². The van der Waals surface area contributed by atoms with Gasteiger partial charge in [-0.2, -0.15) is 0 Å². The second kappa shape index (κ2) is 10.1. The lowest BCUT2D eigenvalue weighted by molar-refractivity contribution is -0.123. The van der Waals surface area contributed by atoms with E-state index in [1.807, 2.05) is 67.6 Å². The molecule has 0 heterocycles. The monoisotopic (exact) mass is 340 g/mol. The van der Waals surface area contributed by atoms with Crippen LogP contribution in [0.2, 0.25) is 0 Å². The minimum Gasteiger partial charge on any atom is -0.445 e. The number of carbonyl (C=O) groups is 2. The summed E-state index contributed by atoms with van der Waals surface area (Å²) in [6.45, 7) is 2.58. The van der Waals surface area contributed by atoms with E-state index in [4.69, 9.17) is 4.74 Å². The Morgan fingerprint density at radius 1 is 0.960 bits per heavy atom. The summed E-state index contributed by atoms with van der Waals surface area (Å²) in [7, 11) is 0. The van der Waals surface area contributed by atoms with Gasteiger partial charge in [0.2, 0.25) is 5.91 Å². The van der Waals surface area contributed by atoms with Crippen LogP contribution in [0, 0.1) is 0 Å². The summed E-state index contributed by atoms with van der Waals surface area (Å²) in [4.78, 5) is 24.3. The number of rotatable bonds is 8. The number of alkyl carbamates (subject to hydrolysis) is 1. The first kappa shape index (κ1) is 18.5. The zero-order valence-electron chi connectivity index (χ0n) is 14.4. The lowest BCUT2D eigenvalue weighted by Crippen LogP contribution is -2.46. The Kier molecular flexibility index (Phi) is 7.50. The summed E-state index contributed by atoms with van der Waals surface area (Å²) in [6.07, 6.45) is 0.751. The summed E-state index contributed by atoms with van der Waals surface area (Å²) in [5.41, 5.74) is 1.91. The predicted octanol–water partition coefficient (Wildman–Crippen LogP) is 3.40. The van der Waals surface area contributed by atoms with E-state index in [-0.39, 0.29) is 12.5 Å². The molecule has 0 saturated heterocycles. The van der Waals surface area contributed by atoms with E-state index in [1.165, 1.54) is 0 Å². The minimum atomic E-state index is -0.600. The van der Waals surface area contributed by atoms with Crippen molar-refractivity contribution in [3.05, 3.63) is 71.8 Å². The molecule has 2 amide bonds. The van der Waals surface area contributed by atoms with E-state index in [9.17, 15) is 9.59 Å². The molecule has 0 fully saturated rings. The van der Waals surface area contributed by atoms with E-state index in [1.54, 1.807) is 0 Å². The number of nitrogens with one attached hydrogen (secondary N) is 2. The molecule has 25 heavy (non-hydrogen) atoms. The summed E-state index contributed by atoms with van der Waals surface area (Å²) in [5.74, 6) is -0.206. The second-order valence-corrected chi connectivity index (χ2v) is 5.75. The fourth-order valence-electron chi connectivity index (χ4n) is 2.37.